The first-order chi connectivity index (χ1) is 7.72. The normalized spacial score (nSPS) is 20.9. The van der Waals surface area contributed by atoms with E-state index in [0.29, 0.717) is 12.0 Å². The fourth-order valence-electron chi connectivity index (χ4n) is 2.04. The first kappa shape index (κ1) is 11.6. The highest BCUT2D eigenvalue weighted by Gasteiger charge is 2.22. The second-order valence-corrected chi connectivity index (χ2v) is 4.90. The number of hydrazine groups is 1. The first-order valence-electron chi connectivity index (χ1n) is 5.48. The summed E-state index contributed by atoms with van der Waals surface area (Å²) in [4.78, 5) is 10.8. The molecule has 6 heteroatoms. The van der Waals surface area contributed by atoms with Crippen LogP contribution >= 0.6 is 15.9 Å². The van der Waals surface area contributed by atoms with Crippen LogP contribution in [0.5, 0.6) is 0 Å². The van der Waals surface area contributed by atoms with Gasteiger partial charge in [0, 0.05) is 18.8 Å². The zero-order valence-electron chi connectivity index (χ0n) is 9.28. The summed E-state index contributed by atoms with van der Waals surface area (Å²) in [7, 11) is 0. The minimum atomic E-state index is 0.455. The summed E-state index contributed by atoms with van der Waals surface area (Å²) in [5.41, 5.74) is 2.48. The van der Waals surface area contributed by atoms with Crippen molar-refractivity contribution in [1.29, 1.82) is 0 Å². The molecule has 1 aromatic rings. The van der Waals surface area contributed by atoms with E-state index in [9.17, 15) is 0 Å². The number of aromatic nitrogens is 2. The van der Waals surface area contributed by atoms with Crippen molar-refractivity contribution in [2.24, 2.45) is 5.84 Å². The summed E-state index contributed by atoms with van der Waals surface area (Å²) in [6, 6.07) is 0.519. The Morgan fingerprint density at radius 3 is 3.06 bits per heavy atom. The van der Waals surface area contributed by atoms with E-state index in [0.717, 1.165) is 16.8 Å². The van der Waals surface area contributed by atoms with Gasteiger partial charge >= 0.3 is 0 Å². The molecule has 88 valence electrons. The van der Waals surface area contributed by atoms with E-state index in [1.54, 1.807) is 6.20 Å². The average molecular weight is 286 g/mol. The molecule has 0 radical (unpaired) electrons. The van der Waals surface area contributed by atoms with Crippen molar-refractivity contribution < 1.29 is 0 Å². The van der Waals surface area contributed by atoms with Crippen LogP contribution in [0.4, 0.5) is 11.8 Å². The molecule has 0 spiro atoms. The maximum Gasteiger partial charge on any atom is 0.239 e. The smallest absolute Gasteiger partial charge is 0.239 e. The van der Waals surface area contributed by atoms with Gasteiger partial charge in [-0.15, -0.1) is 0 Å². The van der Waals surface area contributed by atoms with E-state index in [4.69, 9.17) is 5.84 Å². The Morgan fingerprint density at radius 1 is 1.56 bits per heavy atom. The molecule has 1 fully saturated rings. The van der Waals surface area contributed by atoms with Crippen molar-refractivity contribution >= 4 is 27.7 Å². The van der Waals surface area contributed by atoms with Gasteiger partial charge in [-0.3, -0.25) is 5.43 Å². The van der Waals surface area contributed by atoms with Gasteiger partial charge in [0.25, 0.3) is 0 Å². The standard InChI is InChI=1S/C10H16BrN5/c1-7-4-2-3-5-16(7)9-8(11)6-13-10(14-9)15-12/h6-7H,2-5,12H2,1H3,(H,13,14,15). The molecule has 0 aromatic carbocycles. The van der Waals surface area contributed by atoms with Gasteiger partial charge in [-0.2, -0.15) is 4.98 Å². The molecule has 1 saturated heterocycles. The Kier molecular flexibility index (Phi) is 3.60. The SMILES string of the molecule is CC1CCCCN1c1nc(NN)ncc1Br. The van der Waals surface area contributed by atoms with Gasteiger partial charge < -0.3 is 4.90 Å². The Hall–Kier alpha value is -0.880. The summed E-state index contributed by atoms with van der Waals surface area (Å²) in [5, 5.41) is 0. The van der Waals surface area contributed by atoms with Crippen molar-refractivity contribution in [3.8, 4) is 0 Å². The van der Waals surface area contributed by atoms with E-state index in [-0.39, 0.29) is 0 Å². The van der Waals surface area contributed by atoms with Gasteiger partial charge in [0.15, 0.2) is 0 Å². The molecule has 16 heavy (non-hydrogen) atoms. The molecule has 0 aliphatic carbocycles. The number of piperidine rings is 1. The predicted molar refractivity (Wildman–Crippen MR) is 68.2 cm³/mol. The molecule has 0 saturated carbocycles. The van der Waals surface area contributed by atoms with Gasteiger partial charge in [-0.25, -0.2) is 10.8 Å². The number of nitrogen functional groups attached to an aromatic ring is 1. The largest absolute Gasteiger partial charge is 0.353 e. The summed E-state index contributed by atoms with van der Waals surface area (Å²) in [6.45, 7) is 3.27. The molecule has 1 unspecified atom stereocenters. The lowest BCUT2D eigenvalue weighted by atomic mass is 10.0. The van der Waals surface area contributed by atoms with Gasteiger partial charge in [0.2, 0.25) is 5.95 Å². The van der Waals surface area contributed by atoms with Crippen LogP contribution in [0, 0.1) is 0 Å². The van der Waals surface area contributed by atoms with Crippen LogP contribution in [0.3, 0.4) is 0 Å². The van der Waals surface area contributed by atoms with E-state index < -0.39 is 0 Å². The van der Waals surface area contributed by atoms with Crippen LogP contribution in [0.2, 0.25) is 0 Å². The highest BCUT2D eigenvalue weighted by molar-refractivity contribution is 9.10. The second-order valence-electron chi connectivity index (χ2n) is 4.05. The zero-order chi connectivity index (χ0) is 11.5. The van der Waals surface area contributed by atoms with E-state index >= 15 is 0 Å². The summed E-state index contributed by atoms with van der Waals surface area (Å²) in [6.07, 6.45) is 5.45. The van der Waals surface area contributed by atoms with Gasteiger partial charge in [0.05, 0.1) is 4.47 Å². The van der Waals surface area contributed by atoms with Crippen LogP contribution in [-0.2, 0) is 0 Å². The van der Waals surface area contributed by atoms with Crippen LogP contribution in [0.15, 0.2) is 10.7 Å². The van der Waals surface area contributed by atoms with E-state index in [1.165, 1.54) is 19.3 Å². The van der Waals surface area contributed by atoms with Crippen molar-refractivity contribution in [1.82, 2.24) is 9.97 Å². The summed E-state index contributed by atoms with van der Waals surface area (Å²) >= 11 is 3.49. The molecule has 5 nitrogen and oxygen atoms in total. The molecule has 2 heterocycles. The fourth-order valence-corrected chi connectivity index (χ4v) is 2.46. The zero-order valence-corrected chi connectivity index (χ0v) is 10.9. The van der Waals surface area contributed by atoms with Crippen LogP contribution in [0.25, 0.3) is 0 Å². The molecule has 1 aliphatic rings. The lowest BCUT2D eigenvalue weighted by molar-refractivity contribution is 0.480. The maximum absolute atomic E-state index is 5.32. The Morgan fingerprint density at radius 2 is 2.38 bits per heavy atom. The van der Waals surface area contributed by atoms with Crippen molar-refractivity contribution in [3.63, 3.8) is 0 Å². The van der Waals surface area contributed by atoms with Gasteiger partial charge in [-0.05, 0) is 42.1 Å². The highest BCUT2D eigenvalue weighted by Crippen LogP contribution is 2.29. The topological polar surface area (TPSA) is 67.1 Å². The van der Waals surface area contributed by atoms with Gasteiger partial charge in [-0.1, -0.05) is 0 Å². The third kappa shape index (κ3) is 2.27. The van der Waals surface area contributed by atoms with Gasteiger partial charge in [0.1, 0.15) is 5.82 Å². The molecular formula is C10H16BrN5. The minimum absolute atomic E-state index is 0.455. The molecule has 0 amide bonds. The van der Waals surface area contributed by atoms with Crippen molar-refractivity contribution in [3.05, 3.63) is 10.7 Å². The molecule has 1 aromatic heterocycles. The van der Waals surface area contributed by atoms with Crippen LogP contribution in [-0.4, -0.2) is 22.6 Å². The lowest BCUT2D eigenvalue weighted by Crippen LogP contribution is -2.38. The predicted octanol–water partition coefficient (Wildman–Crippen LogP) is 1.90. The first-order valence-corrected chi connectivity index (χ1v) is 6.27. The molecular weight excluding hydrogens is 270 g/mol. The maximum atomic E-state index is 5.32. The fraction of sp³-hybridized carbons (Fsp3) is 0.600. The summed E-state index contributed by atoms with van der Waals surface area (Å²) < 4.78 is 0.917. The third-order valence-corrected chi connectivity index (χ3v) is 3.49. The monoisotopic (exact) mass is 285 g/mol. The molecule has 3 N–H and O–H groups in total. The number of hydrogen-bond donors (Lipinski definition) is 2. The Balaban J connectivity index is 2.30. The Labute approximate surface area is 104 Å². The second kappa shape index (κ2) is 4.97. The van der Waals surface area contributed by atoms with E-state index in [1.807, 2.05) is 0 Å². The van der Waals surface area contributed by atoms with Crippen LogP contribution < -0.4 is 16.2 Å². The minimum Gasteiger partial charge on any atom is -0.353 e. The van der Waals surface area contributed by atoms with Crippen LogP contribution in [0.1, 0.15) is 26.2 Å². The molecule has 1 aliphatic heterocycles. The lowest BCUT2D eigenvalue weighted by Gasteiger charge is -2.34. The molecule has 1 atom stereocenters. The highest BCUT2D eigenvalue weighted by atomic mass is 79.9. The summed E-state index contributed by atoms with van der Waals surface area (Å²) in [5.74, 6) is 6.70. The number of anilines is 2. The Bertz CT molecular complexity index is 370. The van der Waals surface area contributed by atoms with Crippen molar-refractivity contribution in [2.45, 2.75) is 32.2 Å². The quantitative estimate of drug-likeness (QED) is 0.642. The number of halogens is 1. The third-order valence-electron chi connectivity index (χ3n) is 2.93. The number of nitrogens with one attached hydrogen (secondary N) is 1. The van der Waals surface area contributed by atoms with E-state index in [2.05, 4.69) is 43.1 Å². The average Bonchev–Trinajstić information content (AvgIpc) is 2.31. The number of nitrogens with zero attached hydrogens (tertiary/aromatic N) is 3. The number of hydrogen-bond acceptors (Lipinski definition) is 5. The molecule has 0 bridgehead atoms. The molecule has 2 rings (SSSR count). The number of nitrogens with two attached hydrogens (primary N) is 1. The van der Waals surface area contributed by atoms with Crippen molar-refractivity contribution in [2.75, 3.05) is 16.9 Å². The number of rotatable bonds is 2.